The van der Waals surface area contributed by atoms with Crippen LogP contribution >= 0.6 is 11.6 Å². The zero-order valence-electron chi connectivity index (χ0n) is 16.2. The highest BCUT2D eigenvalue weighted by atomic mass is 35.5. The summed E-state index contributed by atoms with van der Waals surface area (Å²) in [7, 11) is 0. The summed E-state index contributed by atoms with van der Waals surface area (Å²) in [6, 6.07) is 14.6. The van der Waals surface area contributed by atoms with Crippen LogP contribution in [0.5, 0.6) is 0 Å². The molecule has 0 aliphatic heterocycles. The molecule has 5 rings (SSSR count). The number of pyridine rings is 1. The van der Waals surface area contributed by atoms with Crippen molar-refractivity contribution in [3.8, 4) is 0 Å². The van der Waals surface area contributed by atoms with Crippen molar-refractivity contribution >= 4 is 45.3 Å². The van der Waals surface area contributed by atoms with Gasteiger partial charge in [-0.2, -0.15) is 4.98 Å². The highest BCUT2D eigenvalue weighted by Crippen LogP contribution is 2.33. The number of rotatable bonds is 4. The molecule has 5 aromatic rings. The Morgan fingerprint density at radius 3 is 2.69 bits per heavy atom. The van der Waals surface area contributed by atoms with Gasteiger partial charge in [0.2, 0.25) is 5.56 Å². The third-order valence-electron chi connectivity index (χ3n) is 5.01. The maximum Gasteiger partial charge on any atom is 0.303 e. The fraction of sp³-hybridized carbons (Fsp3) is 0.0435. The molecule has 2 heterocycles. The quantitative estimate of drug-likeness (QED) is 0.357. The molecule has 0 fully saturated rings. The Labute approximate surface area is 183 Å². The van der Waals surface area contributed by atoms with E-state index in [1.807, 2.05) is 0 Å². The minimum Gasteiger partial charge on any atom is -0.423 e. The smallest absolute Gasteiger partial charge is 0.303 e. The first-order valence-electron chi connectivity index (χ1n) is 9.48. The lowest BCUT2D eigenvalue weighted by Crippen LogP contribution is -2.19. The van der Waals surface area contributed by atoms with E-state index in [9.17, 15) is 18.0 Å². The van der Waals surface area contributed by atoms with Gasteiger partial charge in [0.15, 0.2) is 17.2 Å². The first-order valence-corrected chi connectivity index (χ1v) is 9.86. The van der Waals surface area contributed by atoms with Gasteiger partial charge >= 0.3 is 6.01 Å². The van der Waals surface area contributed by atoms with Crippen molar-refractivity contribution in [1.82, 2.24) is 9.97 Å². The van der Waals surface area contributed by atoms with Crippen LogP contribution in [0.15, 0.2) is 69.9 Å². The van der Waals surface area contributed by atoms with E-state index < -0.39 is 23.0 Å². The minimum absolute atomic E-state index is 0.0150. The van der Waals surface area contributed by atoms with E-state index >= 15 is 0 Å². The van der Waals surface area contributed by atoms with Crippen LogP contribution < -0.4 is 10.5 Å². The van der Waals surface area contributed by atoms with Gasteiger partial charge < -0.3 is 9.40 Å². The molecule has 0 saturated carbocycles. The number of H-pyrrole nitrogens is 1. The summed E-state index contributed by atoms with van der Waals surface area (Å²) in [5, 5.41) is 0.760. The summed E-state index contributed by atoms with van der Waals surface area (Å²) in [6.07, 6.45) is 0. The highest BCUT2D eigenvalue weighted by Gasteiger charge is 2.20. The Morgan fingerprint density at radius 1 is 1.03 bits per heavy atom. The van der Waals surface area contributed by atoms with E-state index in [0.29, 0.717) is 27.2 Å². The molecule has 0 radical (unpaired) electrons. The molecule has 1 N–H and O–H groups in total. The second kappa shape index (κ2) is 7.72. The van der Waals surface area contributed by atoms with Crippen molar-refractivity contribution in [3.05, 3.63) is 99.1 Å². The predicted molar refractivity (Wildman–Crippen MR) is 116 cm³/mol. The van der Waals surface area contributed by atoms with Crippen LogP contribution in [0.25, 0.3) is 22.0 Å². The largest absolute Gasteiger partial charge is 0.423 e. The highest BCUT2D eigenvalue weighted by molar-refractivity contribution is 6.30. The molecule has 2 aromatic heterocycles. The van der Waals surface area contributed by atoms with Gasteiger partial charge in [-0.3, -0.25) is 9.69 Å². The first-order chi connectivity index (χ1) is 15.4. The van der Waals surface area contributed by atoms with Crippen LogP contribution in [0.4, 0.5) is 24.9 Å². The number of hydrogen-bond donors (Lipinski definition) is 1. The van der Waals surface area contributed by atoms with Crippen LogP contribution in [0, 0.1) is 17.5 Å². The van der Waals surface area contributed by atoms with Crippen molar-refractivity contribution in [2.45, 2.75) is 6.54 Å². The van der Waals surface area contributed by atoms with Crippen molar-refractivity contribution in [2.24, 2.45) is 0 Å². The zero-order valence-corrected chi connectivity index (χ0v) is 17.0. The number of anilines is 2. The Kier molecular flexibility index (Phi) is 4.86. The predicted octanol–water partition coefficient (Wildman–Crippen LogP) is 6.08. The van der Waals surface area contributed by atoms with E-state index in [-0.39, 0.29) is 23.7 Å². The Morgan fingerprint density at radius 2 is 1.88 bits per heavy atom. The Bertz CT molecular complexity index is 1550. The topological polar surface area (TPSA) is 62.1 Å². The lowest BCUT2D eigenvalue weighted by atomic mass is 10.1. The summed E-state index contributed by atoms with van der Waals surface area (Å²) >= 11 is 6.16. The number of halogens is 4. The van der Waals surface area contributed by atoms with E-state index in [2.05, 4.69) is 9.97 Å². The SMILES string of the molecule is O=c1cc(CN(c2cccc(Cl)c2)c2nc3ccc(F)cc3o2)c2ccc(F)c(F)c2[nH]1. The number of nitrogens with one attached hydrogen (secondary N) is 1. The molecule has 0 bridgehead atoms. The summed E-state index contributed by atoms with van der Waals surface area (Å²) in [4.78, 5) is 20.6. The molecule has 3 aromatic carbocycles. The molecule has 160 valence electrons. The van der Waals surface area contributed by atoms with E-state index in [1.54, 1.807) is 29.2 Å². The monoisotopic (exact) mass is 455 g/mol. The fourth-order valence-corrected chi connectivity index (χ4v) is 3.74. The van der Waals surface area contributed by atoms with Gasteiger partial charge in [0.25, 0.3) is 0 Å². The van der Waals surface area contributed by atoms with Crippen molar-refractivity contribution < 1.29 is 17.6 Å². The van der Waals surface area contributed by atoms with Gasteiger partial charge in [0, 0.05) is 28.2 Å². The van der Waals surface area contributed by atoms with E-state index in [1.165, 1.54) is 30.3 Å². The molecule has 0 spiro atoms. The summed E-state index contributed by atoms with van der Waals surface area (Å²) in [6.45, 7) is 0.0150. The van der Waals surface area contributed by atoms with Crippen molar-refractivity contribution in [3.63, 3.8) is 0 Å². The van der Waals surface area contributed by atoms with Crippen LogP contribution in [0.3, 0.4) is 0 Å². The minimum atomic E-state index is -1.15. The zero-order chi connectivity index (χ0) is 22.4. The third kappa shape index (κ3) is 3.58. The molecule has 0 aliphatic carbocycles. The van der Waals surface area contributed by atoms with Gasteiger partial charge in [-0.25, -0.2) is 13.2 Å². The molecule has 0 aliphatic rings. The van der Waals surface area contributed by atoms with Crippen LogP contribution in [-0.2, 0) is 6.54 Å². The number of oxazole rings is 1. The lowest BCUT2D eigenvalue weighted by molar-refractivity contribution is 0.515. The standard InChI is InChI=1S/C23H13ClF3N3O2/c24-13-2-1-3-15(9-13)30(23-28-18-7-4-14(25)10-19(18)32-23)11-12-8-20(31)29-22-16(12)5-6-17(26)21(22)27/h1-10H,11H2,(H,29,31). The number of hydrogen-bond acceptors (Lipinski definition) is 4. The first kappa shape index (κ1) is 20.1. The average Bonchev–Trinajstić information content (AvgIpc) is 3.17. The lowest BCUT2D eigenvalue weighted by Gasteiger charge is -2.22. The van der Waals surface area contributed by atoms with Crippen molar-refractivity contribution in [1.29, 1.82) is 0 Å². The molecule has 0 amide bonds. The van der Waals surface area contributed by atoms with Gasteiger partial charge in [-0.1, -0.05) is 17.7 Å². The van der Waals surface area contributed by atoms with Gasteiger partial charge in [-0.15, -0.1) is 0 Å². The molecule has 9 heteroatoms. The number of aromatic nitrogens is 2. The number of benzene rings is 3. The maximum absolute atomic E-state index is 14.3. The molecule has 0 unspecified atom stereocenters. The van der Waals surface area contributed by atoms with Gasteiger partial charge in [-0.05, 0) is 48.0 Å². The Hall–Kier alpha value is -3.78. The van der Waals surface area contributed by atoms with Gasteiger partial charge in [0.1, 0.15) is 11.3 Å². The Balaban J connectivity index is 1.70. The molecule has 0 saturated heterocycles. The third-order valence-corrected chi connectivity index (χ3v) is 5.25. The molecular weight excluding hydrogens is 443 g/mol. The summed E-state index contributed by atoms with van der Waals surface area (Å²) in [5.74, 6) is -2.70. The van der Waals surface area contributed by atoms with Crippen LogP contribution in [0.1, 0.15) is 5.56 Å². The maximum atomic E-state index is 14.3. The second-order valence-electron chi connectivity index (χ2n) is 7.12. The average molecular weight is 456 g/mol. The van der Waals surface area contributed by atoms with E-state index in [4.69, 9.17) is 16.0 Å². The molecule has 32 heavy (non-hydrogen) atoms. The van der Waals surface area contributed by atoms with Gasteiger partial charge in [0.05, 0.1) is 12.1 Å². The fourth-order valence-electron chi connectivity index (χ4n) is 3.55. The van der Waals surface area contributed by atoms with Crippen LogP contribution in [0.2, 0.25) is 5.02 Å². The van der Waals surface area contributed by atoms with Crippen LogP contribution in [-0.4, -0.2) is 9.97 Å². The summed E-state index contributed by atoms with van der Waals surface area (Å²) in [5.41, 5.74) is 0.797. The number of fused-ring (bicyclic) bond motifs is 2. The number of nitrogens with zero attached hydrogens (tertiary/aromatic N) is 2. The van der Waals surface area contributed by atoms with E-state index in [0.717, 1.165) is 6.07 Å². The molecular formula is C23H13ClF3N3O2. The molecule has 5 nitrogen and oxygen atoms in total. The number of aromatic amines is 1. The van der Waals surface area contributed by atoms with Crippen molar-refractivity contribution in [2.75, 3.05) is 4.90 Å². The second-order valence-corrected chi connectivity index (χ2v) is 7.55. The molecule has 0 atom stereocenters. The normalized spacial score (nSPS) is 11.4. The summed E-state index contributed by atoms with van der Waals surface area (Å²) < 4.78 is 47.5.